The van der Waals surface area contributed by atoms with Gasteiger partial charge >= 0.3 is 0 Å². The van der Waals surface area contributed by atoms with Gasteiger partial charge in [0, 0.05) is 12.2 Å². The van der Waals surface area contributed by atoms with Crippen LogP contribution in [-0.4, -0.2) is 9.55 Å². The molecule has 0 spiro atoms. The zero-order chi connectivity index (χ0) is 14.7. The Morgan fingerprint density at radius 3 is 2.62 bits per heavy atom. The monoisotopic (exact) mass is 279 g/mol. The molecule has 0 bridgehead atoms. The minimum absolute atomic E-state index is 0.750. The van der Waals surface area contributed by atoms with Gasteiger partial charge in [0.1, 0.15) is 5.82 Å². The lowest BCUT2D eigenvalue weighted by Crippen LogP contribution is -2.09. The van der Waals surface area contributed by atoms with Gasteiger partial charge in [-0.1, -0.05) is 37.3 Å². The molecule has 108 valence electrons. The highest BCUT2D eigenvalue weighted by Gasteiger charge is 2.09. The van der Waals surface area contributed by atoms with Crippen LogP contribution in [0.3, 0.4) is 0 Å². The molecule has 0 aliphatic heterocycles. The number of para-hydroxylation sites is 3. The summed E-state index contributed by atoms with van der Waals surface area (Å²) in [6.07, 6.45) is 1.11. The van der Waals surface area contributed by atoms with Gasteiger partial charge in [0.25, 0.3) is 0 Å². The maximum absolute atomic E-state index is 4.78. The molecule has 1 aromatic heterocycles. The fourth-order valence-electron chi connectivity index (χ4n) is 2.68. The highest BCUT2D eigenvalue weighted by Crippen LogP contribution is 2.19. The summed E-state index contributed by atoms with van der Waals surface area (Å²) >= 11 is 0. The number of hydrogen-bond acceptors (Lipinski definition) is 2. The molecule has 1 heterocycles. The summed E-state index contributed by atoms with van der Waals surface area (Å²) in [6, 6.07) is 16.7. The quantitative estimate of drug-likeness (QED) is 0.751. The molecule has 1 N–H and O–H groups in total. The molecule has 3 nitrogen and oxygen atoms in total. The summed E-state index contributed by atoms with van der Waals surface area (Å²) in [4.78, 5) is 4.78. The normalized spacial score (nSPS) is 11.0. The van der Waals surface area contributed by atoms with Crippen LogP contribution in [0.5, 0.6) is 0 Å². The Bertz CT molecular complexity index is 743. The fraction of sp³-hybridized carbons (Fsp3) is 0.278. The van der Waals surface area contributed by atoms with E-state index < -0.39 is 0 Å². The highest BCUT2D eigenvalue weighted by molar-refractivity contribution is 5.76. The van der Waals surface area contributed by atoms with Crippen LogP contribution in [0.25, 0.3) is 11.0 Å². The van der Waals surface area contributed by atoms with E-state index in [0.717, 1.165) is 30.9 Å². The fourth-order valence-corrected chi connectivity index (χ4v) is 2.68. The van der Waals surface area contributed by atoms with E-state index in [4.69, 9.17) is 4.98 Å². The summed E-state index contributed by atoms with van der Waals surface area (Å²) in [5.74, 6) is 1.10. The number of nitrogens with zero attached hydrogens (tertiary/aromatic N) is 2. The van der Waals surface area contributed by atoms with Crippen LogP contribution in [0.15, 0.2) is 48.5 Å². The maximum Gasteiger partial charge on any atom is 0.129 e. The van der Waals surface area contributed by atoms with Crippen LogP contribution in [0, 0.1) is 6.92 Å². The summed E-state index contributed by atoms with van der Waals surface area (Å²) < 4.78 is 2.32. The molecule has 3 heteroatoms. The zero-order valence-corrected chi connectivity index (χ0v) is 12.6. The van der Waals surface area contributed by atoms with Gasteiger partial charge in [0.2, 0.25) is 0 Å². The van der Waals surface area contributed by atoms with Crippen LogP contribution in [0.2, 0.25) is 0 Å². The lowest BCUT2D eigenvalue weighted by molar-refractivity contribution is 0.661. The predicted octanol–water partition coefficient (Wildman–Crippen LogP) is 4.37. The van der Waals surface area contributed by atoms with Crippen molar-refractivity contribution < 1.29 is 0 Å². The van der Waals surface area contributed by atoms with Gasteiger partial charge in [0.05, 0.1) is 17.6 Å². The van der Waals surface area contributed by atoms with Gasteiger partial charge in [-0.3, -0.25) is 0 Å². The minimum atomic E-state index is 0.750. The van der Waals surface area contributed by atoms with Crippen LogP contribution in [-0.2, 0) is 13.1 Å². The standard InChI is InChI=1S/C18H21N3/c1-3-12-21-17-11-7-6-10-16(17)20-18(21)13-19-15-9-5-4-8-14(15)2/h4-11,19H,3,12-13H2,1-2H3. The number of aromatic nitrogens is 2. The van der Waals surface area contributed by atoms with Crippen molar-refractivity contribution in [2.75, 3.05) is 5.32 Å². The van der Waals surface area contributed by atoms with E-state index in [0.29, 0.717) is 0 Å². The van der Waals surface area contributed by atoms with E-state index in [1.807, 2.05) is 6.07 Å². The van der Waals surface area contributed by atoms with Gasteiger partial charge in [-0.05, 0) is 37.1 Å². The average molecular weight is 279 g/mol. The summed E-state index contributed by atoms with van der Waals surface area (Å²) in [7, 11) is 0. The first-order valence-corrected chi connectivity index (χ1v) is 7.53. The molecule has 0 aliphatic carbocycles. The molecule has 0 amide bonds. The summed E-state index contributed by atoms with van der Waals surface area (Å²) in [6.45, 7) is 6.08. The van der Waals surface area contributed by atoms with E-state index >= 15 is 0 Å². The SMILES string of the molecule is CCCn1c(CNc2ccccc2C)nc2ccccc21. The van der Waals surface area contributed by atoms with Gasteiger partial charge < -0.3 is 9.88 Å². The molecule has 3 aromatic rings. The van der Waals surface area contributed by atoms with E-state index in [2.05, 4.69) is 66.2 Å². The highest BCUT2D eigenvalue weighted by atomic mass is 15.1. The van der Waals surface area contributed by atoms with E-state index in [9.17, 15) is 0 Å². The number of imidazole rings is 1. The van der Waals surface area contributed by atoms with E-state index in [1.165, 1.54) is 16.8 Å². The van der Waals surface area contributed by atoms with Crippen LogP contribution in [0.1, 0.15) is 24.7 Å². The topological polar surface area (TPSA) is 29.9 Å². The van der Waals surface area contributed by atoms with Crippen LogP contribution < -0.4 is 5.32 Å². The largest absolute Gasteiger partial charge is 0.378 e. The van der Waals surface area contributed by atoms with Crippen molar-refractivity contribution >= 4 is 16.7 Å². The number of hydrogen-bond donors (Lipinski definition) is 1. The molecule has 0 saturated heterocycles. The Morgan fingerprint density at radius 2 is 1.81 bits per heavy atom. The number of rotatable bonds is 5. The lowest BCUT2D eigenvalue weighted by Gasteiger charge is -2.11. The van der Waals surface area contributed by atoms with Crippen LogP contribution >= 0.6 is 0 Å². The van der Waals surface area contributed by atoms with Gasteiger partial charge in [-0.2, -0.15) is 0 Å². The zero-order valence-electron chi connectivity index (χ0n) is 12.6. The predicted molar refractivity (Wildman–Crippen MR) is 88.5 cm³/mol. The first-order valence-electron chi connectivity index (χ1n) is 7.53. The number of anilines is 1. The molecular weight excluding hydrogens is 258 g/mol. The Hall–Kier alpha value is -2.29. The second-order valence-electron chi connectivity index (χ2n) is 5.34. The molecule has 0 aliphatic rings. The molecule has 0 saturated carbocycles. The minimum Gasteiger partial charge on any atom is -0.378 e. The third-order valence-electron chi connectivity index (χ3n) is 3.76. The van der Waals surface area contributed by atoms with Crippen molar-refractivity contribution in [3.8, 4) is 0 Å². The molecule has 3 rings (SSSR count). The Labute approximate surface area is 125 Å². The first-order chi connectivity index (χ1) is 10.3. The molecule has 0 radical (unpaired) electrons. The third-order valence-corrected chi connectivity index (χ3v) is 3.76. The Kier molecular flexibility index (Phi) is 3.91. The Balaban J connectivity index is 1.89. The maximum atomic E-state index is 4.78. The smallest absolute Gasteiger partial charge is 0.129 e. The average Bonchev–Trinajstić information content (AvgIpc) is 2.85. The molecule has 0 atom stereocenters. The van der Waals surface area contributed by atoms with E-state index in [1.54, 1.807) is 0 Å². The number of fused-ring (bicyclic) bond motifs is 1. The van der Waals surface area contributed by atoms with Gasteiger partial charge in [0.15, 0.2) is 0 Å². The molecular formula is C18H21N3. The number of aryl methyl sites for hydroxylation is 2. The first kappa shape index (κ1) is 13.7. The van der Waals surface area contributed by atoms with Gasteiger partial charge in [-0.15, -0.1) is 0 Å². The van der Waals surface area contributed by atoms with Crippen molar-refractivity contribution in [3.63, 3.8) is 0 Å². The number of nitrogens with one attached hydrogen (secondary N) is 1. The molecule has 21 heavy (non-hydrogen) atoms. The summed E-state index contributed by atoms with van der Waals surface area (Å²) in [5.41, 5.74) is 4.73. The molecule has 2 aromatic carbocycles. The second-order valence-corrected chi connectivity index (χ2v) is 5.34. The lowest BCUT2D eigenvalue weighted by atomic mass is 10.2. The van der Waals surface area contributed by atoms with Crippen molar-refractivity contribution in [2.24, 2.45) is 0 Å². The molecule has 0 unspecified atom stereocenters. The molecule has 0 fully saturated rings. The van der Waals surface area contributed by atoms with Crippen molar-refractivity contribution in [2.45, 2.75) is 33.4 Å². The van der Waals surface area contributed by atoms with Crippen molar-refractivity contribution in [3.05, 3.63) is 59.9 Å². The van der Waals surface area contributed by atoms with Crippen molar-refractivity contribution in [1.82, 2.24) is 9.55 Å². The Morgan fingerprint density at radius 1 is 1.05 bits per heavy atom. The van der Waals surface area contributed by atoms with Crippen molar-refractivity contribution in [1.29, 1.82) is 0 Å². The second kappa shape index (κ2) is 6.00. The van der Waals surface area contributed by atoms with E-state index in [-0.39, 0.29) is 0 Å². The van der Waals surface area contributed by atoms with Gasteiger partial charge in [-0.25, -0.2) is 4.98 Å². The van der Waals surface area contributed by atoms with Crippen LogP contribution in [0.4, 0.5) is 5.69 Å². The summed E-state index contributed by atoms with van der Waals surface area (Å²) in [5, 5.41) is 3.51. The third kappa shape index (κ3) is 2.77. The number of benzene rings is 2.